The lowest BCUT2D eigenvalue weighted by Gasteiger charge is -2.20. The second-order valence-corrected chi connectivity index (χ2v) is 5.50. The smallest absolute Gasteiger partial charge is 0.323 e. The van der Waals surface area contributed by atoms with Gasteiger partial charge in [0.1, 0.15) is 12.3 Å². The summed E-state index contributed by atoms with van der Waals surface area (Å²) in [5, 5.41) is 18.2. The van der Waals surface area contributed by atoms with Gasteiger partial charge in [-0.1, -0.05) is 0 Å². The van der Waals surface area contributed by atoms with Crippen molar-refractivity contribution in [2.24, 2.45) is 0 Å². The molecule has 0 fully saturated rings. The van der Waals surface area contributed by atoms with Crippen LogP contribution < -0.4 is 4.90 Å². The number of phenols is 1. The molecule has 0 aliphatic carbocycles. The highest BCUT2D eigenvalue weighted by Crippen LogP contribution is 2.23. The molecule has 0 bridgehead atoms. The number of thiophene rings is 1. The molecule has 1 heterocycles. The van der Waals surface area contributed by atoms with E-state index >= 15 is 0 Å². The van der Waals surface area contributed by atoms with Crippen molar-refractivity contribution < 1.29 is 19.8 Å². The molecule has 1 aromatic heterocycles. The quantitative estimate of drug-likeness (QED) is 0.907. The van der Waals surface area contributed by atoms with E-state index in [2.05, 4.69) is 0 Å². The molecule has 0 aliphatic rings. The average Bonchev–Trinajstić information content (AvgIpc) is 2.83. The van der Waals surface area contributed by atoms with Gasteiger partial charge in [0.15, 0.2) is 0 Å². The third kappa shape index (κ3) is 3.16. The Morgan fingerprint density at radius 3 is 2.30 bits per heavy atom. The van der Waals surface area contributed by atoms with Crippen LogP contribution in [0.5, 0.6) is 5.75 Å². The van der Waals surface area contributed by atoms with Crippen LogP contribution in [0.15, 0.2) is 36.4 Å². The van der Waals surface area contributed by atoms with Gasteiger partial charge in [0.2, 0.25) is 0 Å². The number of carboxylic acids is 1. The number of rotatable bonds is 4. The fourth-order valence-corrected chi connectivity index (χ4v) is 2.55. The number of amides is 1. The van der Waals surface area contributed by atoms with Gasteiger partial charge in [-0.05, 0) is 43.3 Å². The standard InChI is InChI=1S/C14H13NO4S/c1-9-2-7-12(20-9)14(19)15(8-13(17)18)10-3-5-11(16)6-4-10/h2-7,16H,8H2,1H3,(H,17,18). The normalized spacial score (nSPS) is 10.2. The van der Waals surface area contributed by atoms with E-state index in [1.54, 1.807) is 6.07 Å². The molecule has 20 heavy (non-hydrogen) atoms. The molecular formula is C14H13NO4S. The maximum atomic E-state index is 12.4. The monoisotopic (exact) mass is 291 g/mol. The van der Waals surface area contributed by atoms with E-state index in [0.717, 1.165) is 4.88 Å². The fraction of sp³-hybridized carbons (Fsp3) is 0.143. The fourth-order valence-electron chi connectivity index (χ4n) is 1.73. The number of aliphatic carboxylic acids is 1. The molecule has 1 aromatic carbocycles. The van der Waals surface area contributed by atoms with Crippen LogP contribution in [0.25, 0.3) is 0 Å². The second-order valence-electron chi connectivity index (χ2n) is 4.21. The van der Waals surface area contributed by atoms with Gasteiger partial charge in [-0.25, -0.2) is 0 Å². The molecule has 2 N–H and O–H groups in total. The number of phenolic OH excluding ortho intramolecular Hbond substituents is 1. The Morgan fingerprint density at radius 1 is 1.15 bits per heavy atom. The molecule has 104 valence electrons. The molecule has 0 saturated heterocycles. The van der Waals surface area contributed by atoms with Gasteiger partial charge in [-0.15, -0.1) is 11.3 Å². The van der Waals surface area contributed by atoms with Crippen LogP contribution in [-0.2, 0) is 4.79 Å². The Bertz CT molecular complexity index is 633. The third-order valence-electron chi connectivity index (χ3n) is 2.65. The van der Waals surface area contributed by atoms with Gasteiger partial charge in [0, 0.05) is 10.6 Å². The lowest BCUT2D eigenvalue weighted by Crippen LogP contribution is -2.35. The zero-order valence-corrected chi connectivity index (χ0v) is 11.6. The van der Waals surface area contributed by atoms with E-state index in [4.69, 9.17) is 5.11 Å². The number of hydrogen-bond acceptors (Lipinski definition) is 4. The summed E-state index contributed by atoms with van der Waals surface area (Å²) in [6, 6.07) is 9.34. The topological polar surface area (TPSA) is 77.8 Å². The minimum absolute atomic E-state index is 0.0587. The number of carbonyl (C=O) groups excluding carboxylic acids is 1. The number of anilines is 1. The zero-order chi connectivity index (χ0) is 14.7. The van der Waals surface area contributed by atoms with Gasteiger partial charge in [0.25, 0.3) is 5.91 Å². The van der Waals surface area contributed by atoms with Crippen molar-refractivity contribution in [2.75, 3.05) is 11.4 Å². The molecule has 2 rings (SSSR count). The lowest BCUT2D eigenvalue weighted by molar-refractivity contribution is -0.135. The predicted molar refractivity (Wildman–Crippen MR) is 76.5 cm³/mol. The SMILES string of the molecule is Cc1ccc(C(=O)N(CC(=O)O)c2ccc(O)cc2)s1. The van der Waals surface area contributed by atoms with Crippen molar-refractivity contribution in [2.45, 2.75) is 6.92 Å². The summed E-state index contributed by atoms with van der Waals surface area (Å²) in [6.07, 6.45) is 0. The van der Waals surface area contributed by atoms with Crippen molar-refractivity contribution in [3.05, 3.63) is 46.2 Å². The van der Waals surface area contributed by atoms with Crippen molar-refractivity contribution in [1.29, 1.82) is 0 Å². The molecule has 0 unspecified atom stereocenters. The number of carboxylic acid groups (broad SMARTS) is 1. The first-order valence-electron chi connectivity index (χ1n) is 5.86. The average molecular weight is 291 g/mol. The van der Waals surface area contributed by atoms with E-state index in [0.29, 0.717) is 10.6 Å². The summed E-state index contributed by atoms with van der Waals surface area (Å²) in [5.74, 6) is -1.40. The summed E-state index contributed by atoms with van der Waals surface area (Å²) in [4.78, 5) is 26.0. The largest absolute Gasteiger partial charge is 0.508 e. The van der Waals surface area contributed by atoms with Gasteiger partial charge in [-0.3, -0.25) is 14.5 Å². The van der Waals surface area contributed by atoms with E-state index in [-0.39, 0.29) is 11.7 Å². The first kappa shape index (κ1) is 14.1. The van der Waals surface area contributed by atoms with Gasteiger partial charge < -0.3 is 10.2 Å². The number of hydrogen-bond donors (Lipinski definition) is 2. The van der Waals surface area contributed by atoms with Gasteiger partial charge >= 0.3 is 5.97 Å². The van der Waals surface area contributed by atoms with Crippen LogP contribution in [0, 0.1) is 6.92 Å². The van der Waals surface area contributed by atoms with Crippen molar-refractivity contribution in [3.63, 3.8) is 0 Å². The van der Waals surface area contributed by atoms with Crippen molar-refractivity contribution in [1.82, 2.24) is 0 Å². The molecule has 5 nitrogen and oxygen atoms in total. The Balaban J connectivity index is 2.34. The van der Waals surface area contributed by atoms with Crippen molar-refractivity contribution >= 4 is 28.9 Å². The maximum Gasteiger partial charge on any atom is 0.323 e. The first-order valence-corrected chi connectivity index (χ1v) is 6.68. The molecule has 0 atom stereocenters. The zero-order valence-electron chi connectivity index (χ0n) is 10.7. The van der Waals surface area contributed by atoms with Gasteiger partial charge in [0.05, 0.1) is 4.88 Å². The number of aromatic hydroxyl groups is 1. The summed E-state index contributed by atoms with van der Waals surface area (Å²) in [6.45, 7) is 1.45. The Kier molecular flexibility index (Phi) is 4.05. The maximum absolute atomic E-state index is 12.4. The van der Waals surface area contributed by atoms with Crippen LogP contribution in [-0.4, -0.2) is 28.6 Å². The molecule has 6 heteroatoms. The number of nitrogens with zero attached hydrogens (tertiary/aromatic N) is 1. The Labute approximate surface area is 119 Å². The van der Waals surface area contributed by atoms with Crippen LogP contribution in [0.4, 0.5) is 5.69 Å². The van der Waals surface area contributed by atoms with Crippen LogP contribution >= 0.6 is 11.3 Å². The van der Waals surface area contributed by atoms with E-state index in [1.165, 1.54) is 40.5 Å². The predicted octanol–water partition coefficient (Wildman–Crippen LogP) is 2.49. The number of carbonyl (C=O) groups is 2. The summed E-state index contributed by atoms with van der Waals surface area (Å²) < 4.78 is 0. The van der Waals surface area contributed by atoms with Gasteiger partial charge in [-0.2, -0.15) is 0 Å². The summed E-state index contributed by atoms with van der Waals surface area (Å²) >= 11 is 1.32. The van der Waals surface area contributed by atoms with Crippen molar-refractivity contribution in [3.8, 4) is 5.75 Å². The third-order valence-corrected chi connectivity index (χ3v) is 3.64. The summed E-state index contributed by atoms with van der Waals surface area (Å²) in [5.41, 5.74) is 0.432. The minimum Gasteiger partial charge on any atom is -0.508 e. The molecule has 0 spiro atoms. The van der Waals surface area contributed by atoms with E-state index in [9.17, 15) is 14.7 Å². The molecule has 0 aliphatic heterocycles. The summed E-state index contributed by atoms with van der Waals surface area (Å²) in [7, 11) is 0. The highest BCUT2D eigenvalue weighted by Gasteiger charge is 2.21. The number of aryl methyl sites for hydroxylation is 1. The van der Waals surface area contributed by atoms with E-state index < -0.39 is 12.5 Å². The first-order chi connectivity index (χ1) is 9.47. The highest BCUT2D eigenvalue weighted by molar-refractivity contribution is 7.14. The molecule has 0 radical (unpaired) electrons. The Hall–Kier alpha value is -2.34. The Morgan fingerprint density at radius 2 is 1.80 bits per heavy atom. The lowest BCUT2D eigenvalue weighted by atomic mass is 10.2. The van der Waals surface area contributed by atoms with Crippen LogP contribution in [0.2, 0.25) is 0 Å². The van der Waals surface area contributed by atoms with Crippen LogP contribution in [0.1, 0.15) is 14.5 Å². The van der Waals surface area contributed by atoms with E-state index in [1.807, 2.05) is 13.0 Å². The number of benzene rings is 1. The van der Waals surface area contributed by atoms with Crippen LogP contribution in [0.3, 0.4) is 0 Å². The molecular weight excluding hydrogens is 278 g/mol. The second kappa shape index (κ2) is 5.75. The molecule has 0 saturated carbocycles. The molecule has 2 aromatic rings. The molecule has 1 amide bonds. The minimum atomic E-state index is -1.10. The highest BCUT2D eigenvalue weighted by atomic mass is 32.1.